The van der Waals surface area contributed by atoms with Crippen LogP contribution in [0.4, 0.5) is 0 Å². The molecule has 0 aliphatic rings. The Balaban J connectivity index is 2.66. The Morgan fingerprint density at radius 2 is 2.06 bits per heavy atom. The van der Waals surface area contributed by atoms with Gasteiger partial charge < -0.3 is 13.9 Å². The molecule has 0 radical (unpaired) electrons. The molecule has 16 heavy (non-hydrogen) atoms. The van der Waals surface area contributed by atoms with Crippen molar-refractivity contribution in [1.29, 1.82) is 0 Å². The maximum absolute atomic E-state index is 11.6. The van der Waals surface area contributed by atoms with Gasteiger partial charge in [0.05, 0.1) is 14.2 Å². The van der Waals surface area contributed by atoms with Gasteiger partial charge in [-0.05, 0) is 24.6 Å². The molecule has 0 atom stereocenters. The van der Waals surface area contributed by atoms with Crippen LogP contribution in [0.5, 0.6) is 5.75 Å². The first-order chi connectivity index (χ1) is 7.67. The largest absolute Gasteiger partial charge is 0.497 e. The minimum atomic E-state index is -0.331. The molecule has 0 bridgehead atoms. The molecular formula is C12H13NO3. The number of esters is 1. The fourth-order valence-electron chi connectivity index (χ4n) is 1.78. The molecule has 0 saturated heterocycles. The first kappa shape index (κ1) is 10.5. The summed E-state index contributed by atoms with van der Waals surface area (Å²) >= 11 is 0. The van der Waals surface area contributed by atoms with Crippen molar-refractivity contribution in [1.82, 2.24) is 4.40 Å². The van der Waals surface area contributed by atoms with Crippen molar-refractivity contribution >= 4 is 11.5 Å². The second-order valence-electron chi connectivity index (χ2n) is 3.53. The molecule has 2 heterocycles. The van der Waals surface area contributed by atoms with Gasteiger partial charge in [-0.1, -0.05) is 0 Å². The molecule has 0 fully saturated rings. The van der Waals surface area contributed by atoms with Crippen LogP contribution in [0.3, 0.4) is 0 Å². The molecular weight excluding hydrogens is 206 g/mol. The van der Waals surface area contributed by atoms with Gasteiger partial charge in [-0.3, -0.25) is 0 Å². The summed E-state index contributed by atoms with van der Waals surface area (Å²) in [6.07, 6.45) is 1.80. The molecule has 84 valence electrons. The van der Waals surface area contributed by atoms with E-state index in [0.717, 1.165) is 16.8 Å². The van der Waals surface area contributed by atoms with E-state index in [4.69, 9.17) is 9.47 Å². The minimum absolute atomic E-state index is 0.331. The first-order valence-electron chi connectivity index (χ1n) is 4.91. The number of pyridine rings is 1. The maximum atomic E-state index is 11.6. The van der Waals surface area contributed by atoms with Crippen LogP contribution in [0, 0.1) is 6.92 Å². The number of methoxy groups -OCH3 is 2. The number of carbonyl (C=O) groups excluding carboxylic acids is 1. The summed E-state index contributed by atoms with van der Waals surface area (Å²) in [5.41, 5.74) is 2.36. The van der Waals surface area contributed by atoms with E-state index in [1.807, 2.05) is 19.1 Å². The highest BCUT2D eigenvalue weighted by molar-refractivity contribution is 5.91. The van der Waals surface area contributed by atoms with Crippen LogP contribution >= 0.6 is 0 Å². The van der Waals surface area contributed by atoms with Crippen LogP contribution < -0.4 is 4.74 Å². The van der Waals surface area contributed by atoms with Crippen LogP contribution in [0.1, 0.15) is 16.1 Å². The molecule has 0 aliphatic carbocycles. The van der Waals surface area contributed by atoms with Crippen molar-refractivity contribution in [3.8, 4) is 5.75 Å². The fraction of sp³-hybridized carbons (Fsp3) is 0.250. The molecule has 0 unspecified atom stereocenters. The highest BCUT2D eigenvalue weighted by Gasteiger charge is 2.15. The van der Waals surface area contributed by atoms with Crippen molar-refractivity contribution in [2.75, 3.05) is 14.2 Å². The standard InChI is InChI=1S/C12H13NO3/c1-8-6-9-7-10(15-2)4-5-13(9)11(8)12(14)16-3/h4-7H,1-3H3. The number of ether oxygens (including phenoxy) is 2. The van der Waals surface area contributed by atoms with Gasteiger partial charge in [0.25, 0.3) is 0 Å². The number of hydrogen-bond donors (Lipinski definition) is 0. The van der Waals surface area contributed by atoms with Crippen molar-refractivity contribution < 1.29 is 14.3 Å². The van der Waals surface area contributed by atoms with Crippen LogP contribution in [0.2, 0.25) is 0 Å². The predicted molar refractivity (Wildman–Crippen MR) is 60.0 cm³/mol. The average molecular weight is 219 g/mol. The van der Waals surface area contributed by atoms with Crippen LogP contribution in [0.15, 0.2) is 24.4 Å². The third kappa shape index (κ3) is 1.52. The van der Waals surface area contributed by atoms with Crippen molar-refractivity contribution in [2.45, 2.75) is 6.92 Å². The van der Waals surface area contributed by atoms with E-state index < -0.39 is 0 Å². The highest BCUT2D eigenvalue weighted by atomic mass is 16.5. The number of fused-ring (bicyclic) bond motifs is 1. The molecule has 4 nitrogen and oxygen atoms in total. The summed E-state index contributed by atoms with van der Waals surface area (Å²) in [4.78, 5) is 11.6. The lowest BCUT2D eigenvalue weighted by molar-refractivity contribution is 0.0592. The second kappa shape index (κ2) is 3.89. The van der Waals surface area contributed by atoms with Gasteiger partial charge in [-0.2, -0.15) is 0 Å². The molecule has 2 aromatic heterocycles. The van der Waals surface area contributed by atoms with Gasteiger partial charge in [0.2, 0.25) is 0 Å². The second-order valence-corrected chi connectivity index (χ2v) is 3.53. The van der Waals surface area contributed by atoms with E-state index in [1.165, 1.54) is 7.11 Å². The summed E-state index contributed by atoms with van der Waals surface area (Å²) < 4.78 is 11.7. The Bertz CT molecular complexity index is 542. The lowest BCUT2D eigenvalue weighted by Gasteiger charge is -2.04. The van der Waals surface area contributed by atoms with E-state index in [9.17, 15) is 4.79 Å². The van der Waals surface area contributed by atoms with E-state index in [2.05, 4.69) is 0 Å². The zero-order valence-corrected chi connectivity index (χ0v) is 9.48. The van der Waals surface area contributed by atoms with E-state index in [0.29, 0.717) is 5.69 Å². The summed E-state index contributed by atoms with van der Waals surface area (Å²) in [6, 6.07) is 5.60. The van der Waals surface area contributed by atoms with E-state index in [-0.39, 0.29) is 5.97 Å². The minimum Gasteiger partial charge on any atom is -0.497 e. The molecule has 2 rings (SSSR count). The molecule has 4 heteroatoms. The molecule has 2 aromatic rings. The van der Waals surface area contributed by atoms with Gasteiger partial charge in [0.1, 0.15) is 11.4 Å². The number of nitrogens with zero attached hydrogens (tertiary/aromatic N) is 1. The zero-order valence-electron chi connectivity index (χ0n) is 9.48. The van der Waals surface area contributed by atoms with Crippen LogP contribution in [-0.2, 0) is 4.74 Å². The number of rotatable bonds is 2. The lowest BCUT2D eigenvalue weighted by Crippen LogP contribution is -2.06. The van der Waals surface area contributed by atoms with Crippen molar-refractivity contribution in [2.24, 2.45) is 0 Å². The molecule has 0 spiro atoms. The lowest BCUT2D eigenvalue weighted by atomic mass is 10.3. The zero-order chi connectivity index (χ0) is 11.7. The Labute approximate surface area is 93.4 Å². The Morgan fingerprint density at radius 1 is 1.31 bits per heavy atom. The summed E-state index contributed by atoms with van der Waals surface area (Å²) in [5, 5.41) is 0. The SMILES string of the molecule is COC(=O)c1c(C)cc2cc(OC)ccn12. The Morgan fingerprint density at radius 3 is 2.69 bits per heavy atom. The number of aryl methyl sites for hydroxylation is 1. The van der Waals surface area contributed by atoms with Crippen molar-refractivity contribution in [3.05, 3.63) is 35.7 Å². The van der Waals surface area contributed by atoms with Gasteiger partial charge in [-0.15, -0.1) is 0 Å². The smallest absolute Gasteiger partial charge is 0.355 e. The van der Waals surface area contributed by atoms with E-state index in [1.54, 1.807) is 23.8 Å². The monoisotopic (exact) mass is 219 g/mol. The predicted octanol–water partition coefficient (Wildman–Crippen LogP) is 2.04. The number of carbonyl (C=O) groups is 1. The maximum Gasteiger partial charge on any atom is 0.355 e. The summed E-state index contributed by atoms with van der Waals surface area (Å²) in [5.74, 6) is 0.434. The highest BCUT2D eigenvalue weighted by Crippen LogP contribution is 2.21. The molecule has 0 saturated carbocycles. The summed E-state index contributed by atoms with van der Waals surface area (Å²) in [7, 11) is 2.99. The molecule has 0 N–H and O–H groups in total. The van der Waals surface area contributed by atoms with E-state index >= 15 is 0 Å². The molecule has 0 amide bonds. The van der Waals surface area contributed by atoms with Crippen LogP contribution in [0.25, 0.3) is 5.52 Å². The first-order valence-corrected chi connectivity index (χ1v) is 4.91. The molecule has 0 aliphatic heterocycles. The molecule has 0 aromatic carbocycles. The fourth-order valence-corrected chi connectivity index (χ4v) is 1.78. The number of aromatic nitrogens is 1. The number of hydrogen-bond acceptors (Lipinski definition) is 3. The third-order valence-electron chi connectivity index (χ3n) is 2.55. The topological polar surface area (TPSA) is 39.9 Å². The third-order valence-corrected chi connectivity index (χ3v) is 2.55. The van der Waals surface area contributed by atoms with Crippen molar-refractivity contribution in [3.63, 3.8) is 0 Å². The Hall–Kier alpha value is -1.97. The Kier molecular flexibility index (Phi) is 2.56. The normalized spacial score (nSPS) is 10.4. The summed E-state index contributed by atoms with van der Waals surface area (Å²) in [6.45, 7) is 1.88. The van der Waals surface area contributed by atoms with Crippen LogP contribution in [-0.4, -0.2) is 24.6 Å². The van der Waals surface area contributed by atoms with Gasteiger partial charge in [0.15, 0.2) is 0 Å². The van der Waals surface area contributed by atoms with Gasteiger partial charge in [-0.25, -0.2) is 4.79 Å². The van der Waals surface area contributed by atoms with Gasteiger partial charge >= 0.3 is 5.97 Å². The average Bonchev–Trinajstić information content (AvgIpc) is 2.62. The quantitative estimate of drug-likeness (QED) is 0.726. The van der Waals surface area contributed by atoms with Gasteiger partial charge in [0, 0.05) is 17.8 Å².